The highest BCUT2D eigenvalue weighted by Crippen LogP contribution is 2.31. The van der Waals surface area contributed by atoms with Crippen LogP contribution >= 0.6 is 11.6 Å². The Kier molecular flexibility index (Phi) is 2.52. The number of amides is 1. The first kappa shape index (κ1) is 11.2. The topological polar surface area (TPSA) is 33.2 Å². The molecule has 90 valence electrons. The summed E-state index contributed by atoms with van der Waals surface area (Å²) in [5.74, 6) is -0.469. The Labute approximate surface area is 108 Å². The molecule has 3 rings (SSSR count). The Hall–Kier alpha value is -1.94. The maximum absolute atomic E-state index is 12.9. The van der Waals surface area contributed by atoms with Gasteiger partial charge in [0, 0.05) is 23.0 Å². The van der Waals surface area contributed by atoms with Gasteiger partial charge in [0.25, 0.3) is 5.91 Å². The van der Waals surface area contributed by atoms with Crippen LogP contribution in [0.5, 0.6) is 0 Å². The van der Waals surface area contributed by atoms with Crippen LogP contribution < -0.4 is 4.90 Å². The number of pyridine rings is 1. The monoisotopic (exact) mass is 262 g/mol. The molecule has 0 unspecified atom stereocenters. The van der Waals surface area contributed by atoms with E-state index in [9.17, 15) is 9.18 Å². The summed E-state index contributed by atoms with van der Waals surface area (Å²) in [4.78, 5) is 17.7. The third-order valence-electron chi connectivity index (χ3n) is 2.93. The number of hydrogen-bond acceptors (Lipinski definition) is 2. The van der Waals surface area contributed by atoms with Crippen LogP contribution in [0, 0.1) is 5.82 Å². The predicted molar refractivity (Wildman–Crippen MR) is 66.2 cm³/mol. The maximum atomic E-state index is 12.9. The smallest absolute Gasteiger partial charge is 0.259 e. The van der Waals surface area contributed by atoms with Gasteiger partial charge in [-0.3, -0.25) is 4.79 Å². The fourth-order valence-corrected chi connectivity index (χ4v) is 2.24. The van der Waals surface area contributed by atoms with Crippen molar-refractivity contribution >= 4 is 23.2 Å². The Morgan fingerprint density at radius 2 is 1.94 bits per heavy atom. The molecule has 1 amide bonds. The minimum atomic E-state index is -0.331. The molecule has 3 nitrogen and oxygen atoms in total. The standard InChI is InChI=1S/C13H8ClFN2O/c14-12-11-7-17(9-3-1-8(15)2-4-9)13(18)10(11)5-6-16-12/h1-6H,7H2. The number of nitrogens with zero attached hydrogens (tertiary/aromatic N) is 2. The molecular weight excluding hydrogens is 255 g/mol. The normalized spacial score (nSPS) is 13.9. The van der Waals surface area contributed by atoms with E-state index in [-0.39, 0.29) is 11.7 Å². The Balaban J connectivity index is 2.02. The number of rotatable bonds is 1. The fraction of sp³-hybridized carbons (Fsp3) is 0.0769. The molecule has 0 saturated heterocycles. The highest BCUT2D eigenvalue weighted by atomic mass is 35.5. The van der Waals surface area contributed by atoms with Crippen LogP contribution in [-0.2, 0) is 6.54 Å². The lowest BCUT2D eigenvalue weighted by Gasteiger charge is -2.15. The highest BCUT2D eigenvalue weighted by Gasteiger charge is 2.30. The second-order valence-corrected chi connectivity index (χ2v) is 4.35. The van der Waals surface area contributed by atoms with Crippen LogP contribution in [0.2, 0.25) is 5.15 Å². The van der Waals surface area contributed by atoms with Crippen LogP contribution in [0.25, 0.3) is 0 Å². The molecule has 2 heterocycles. The molecule has 0 radical (unpaired) electrons. The van der Waals surface area contributed by atoms with Gasteiger partial charge in [-0.05, 0) is 30.3 Å². The summed E-state index contributed by atoms with van der Waals surface area (Å²) < 4.78 is 12.9. The van der Waals surface area contributed by atoms with E-state index in [0.29, 0.717) is 28.5 Å². The number of aromatic nitrogens is 1. The van der Waals surface area contributed by atoms with Crippen molar-refractivity contribution in [2.75, 3.05) is 4.90 Å². The lowest BCUT2D eigenvalue weighted by Crippen LogP contribution is -2.22. The zero-order valence-corrected chi connectivity index (χ0v) is 9.99. The highest BCUT2D eigenvalue weighted by molar-refractivity contribution is 6.31. The number of fused-ring (bicyclic) bond motifs is 1. The fourth-order valence-electron chi connectivity index (χ4n) is 2.02. The third-order valence-corrected chi connectivity index (χ3v) is 3.26. The second kappa shape index (κ2) is 4.07. The van der Waals surface area contributed by atoms with Gasteiger partial charge in [0.2, 0.25) is 0 Å². The molecule has 18 heavy (non-hydrogen) atoms. The average Bonchev–Trinajstić information content (AvgIpc) is 2.70. The van der Waals surface area contributed by atoms with Crippen LogP contribution in [-0.4, -0.2) is 10.9 Å². The number of carbonyl (C=O) groups excluding carboxylic acids is 1. The number of hydrogen-bond donors (Lipinski definition) is 0. The van der Waals surface area contributed by atoms with E-state index in [1.165, 1.54) is 18.3 Å². The second-order valence-electron chi connectivity index (χ2n) is 4.00. The van der Waals surface area contributed by atoms with Crippen molar-refractivity contribution in [3.63, 3.8) is 0 Å². The van der Waals surface area contributed by atoms with Crippen molar-refractivity contribution in [1.82, 2.24) is 4.98 Å². The number of carbonyl (C=O) groups is 1. The van der Waals surface area contributed by atoms with Gasteiger partial charge in [0.15, 0.2) is 0 Å². The Morgan fingerprint density at radius 3 is 2.61 bits per heavy atom. The molecule has 0 spiro atoms. The molecule has 0 saturated carbocycles. The largest absolute Gasteiger partial charge is 0.304 e. The van der Waals surface area contributed by atoms with E-state index in [1.807, 2.05) is 0 Å². The van der Waals surface area contributed by atoms with Gasteiger partial charge in [0.05, 0.1) is 6.54 Å². The first-order valence-electron chi connectivity index (χ1n) is 5.37. The summed E-state index contributed by atoms with van der Waals surface area (Å²) in [6.07, 6.45) is 1.51. The van der Waals surface area contributed by atoms with Gasteiger partial charge in [-0.25, -0.2) is 9.37 Å². The molecule has 1 aliphatic rings. The quantitative estimate of drug-likeness (QED) is 0.740. The summed E-state index contributed by atoms with van der Waals surface area (Å²) in [6.45, 7) is 0.368. The van der Waals surface area contributed by atoms with Crippen molar-refractivity contribution in [1.29, 1.82) is 0 Å². The summed E-state index contributed by atoms with van der Waals surface area (Å²) in [6, 6.07) is 7.44. The van der Waals surface area contributed by atoms with E-state index in [0.717, 1.165) is 0 Å². The number of halogens is 2. The number of anilines is 1. The van der Waals surface area contributed by atoms with Crippen LogP contribution in [0.4, 0.5) is 10.1 Å². The van der Waals surface area contributed by atoms with Gasteiger partial charge in [0.1, 0.15) is 11.0 Å². The van der Waals surface area contributed by atoms with Crippen LogP contribution in [0.1, 0.15) is 15.9 Å². The molecule has 0 atom stereocenters. The van der Waals surface area contributed by atoms with Crippen molar-refractivity contribution in [2.45, 2.75) is 6.54 Å². The van der Waals surface area contributed by atoms with Crippen molar-refractivity contribution in [2.24, 2.45) is 0 Å². The molecule has 0 N–H and O–H groups in total. The van der Waals surface area contributed by atoms with E-state index < -0.39 is 0 Å². The van der Waals surface area contributed by atoms with Crippen molar-refractivity contribution in [3.8, 4) is 0 Å². The maximum Gasteiger partial charge on any atom is 0.259 e. The zero-order chi connectivity index (χ0) is 12.7. The predicted octanol–water partition coefficient (Wildman–Crippen LogP) is 3.03. The SMILES string of the molecule is O=C1c2ccnc(Cl)c2CN1c1ccc(F)cc1. The summed E-state index contributed by atoms with van der Waals surface area (Å²) >= 11 is 5.96. The van der Waals surface area contributed by atoms with E-state index in [1.54, 1.807) is 23.1 Å². The van der Waals surface area contributed by atoms with Gasteiger partial charge >= 0.3 is 0 Å². The van der Waals surface area contributed by atoms with Crippen LogP contribution in [0.3, 0.4) is 0 Å². The molecule has 1 aromatic heterocycles. The van der Waals surface area contributed by atoms with E-state index in [2.05, 4.69) is 4.98 Å². The van der Waals surface area contributed by atoms with Crippen molar-refractivity contribution in [3.05, 3.63) is 58.6 Å². The molecule has 5 heteroatoms. The van der Waals surface area contributed by atoms with Gasteiger partial charge < -0.3 is 4.90 Å². The first-order chi connectivity index (χ1) is 8.66. The van der Waals surface area contributed by atoms with Gasteiger partial charge in [-0.1, -0.05) is 11.6 Å². The molecular formula is C13H8ClFN2O. The number of benzene rings is 1. The summed E-state index contributed by atoms with van der Waals surface area (Å²) in [5.41, 5.74) is 1.92. The molecule has 2 aromatic rings. The van der Waals surface area contributed by atoms with E-state index in [4.69, 9.17) is 11.6 Å². The summed E-state index contributed by atoms with van der Waals surface area (Å²) in [7, 11) is 0. The minimum Gasteiger partial charge on any atom is -0.304 e. The summed E-state index contributed by atoms with van der Waals surface area (Å²) in [5, 5.41) is 0.338. The van der Waals surface area contributed by atoms with Gasteiger partial charge in [-0.15, -0.1) is 0 Å². The average molecular weight is 263 g/mol. The molecule has 1 aliphatic heterocycles. The lowest BCUT2D eigenvalue weighted by atomic mass is 10.2. The lowest BCUT2D eigenvalue weighted by molar-refractivity contribution is 0.0996. The molecule has 0 aliphatic carbocycles. The molecule has 1 aromatic carbocycles. The van der Waals surface area contributed by atoms with Crippen LogP contribution in [0.15, 0.2) is 36.5 Å². The third kappa shape index (κ3) is 1.66. The first-order valence-corrected chi connectivity index (χ1v) is 5.75. The zero-order valence-electron chi connectivity index (χ0n) is 9.23. The molecule has 0 bridgehead atoms. The van der Waals surface area contributed by atoms with E-state index >= 15 is 0 Å². The van der Waals surface area contributed by atoms with Crippen molar-refractivity contribution < 1.29 is 9.18 Å². The minimum absolute atomic E-state index is 0.138. The Bertz CT molecular complexity index is 627. The molecule has 0 fully saturated rings. The Morgan fingerprint density at radius 1 is 1.22 bits per heavy atom. The van der Waals surface area contributed by atoms with Gasteiger partial charge in [-0.2, -0.15) is 0 Å².